The molecule has 0 unspecified atom stereocenters. The lowest BCUT2D eigenvalue weighted by molar-refractivity contribution is 0.0520. The molecule has 0 spiro atoms. The van der Waals surface area contributed by atoms with Gasteiger partial charge < -0.3 is 10.5 Å². The Labute approximate surface area is 243 Å². The van der Waals surface area contributed by atoms with Gasteiger partial charge in [-0.3, -0.25) is 0 Å². The fraction of sp³-hybridized carbons (Fsp3) is 0.194. The predicted molar refractivity (Wildman–Crippen MR) is 162 cm³/mol. The third-order valence-corrected chi connectivity index (χ3v) is 8.38. The second kappa shape index (κ2) is 12.2. The molecule has 0 saturated heterocycles. The van der Waals surface area contributed by atoms with Gasteiger partial charge in [-0.15, -0.1) is 11.3 Å². The zero-order valence-electron chi connectivity index (χ0n) is 22.5. The van der Waals surface area contributed by atoms with E-state index in [1.54, 1.807) is 24.4 Å². The maximum absolute atomic E-state index is 12.3. The first-order valence-corrected chi connectivity index (χ1v) is 15.6. The van der Waals surface area contributed by atoms with Crippen LogP contribution in [0.1, 0.15) is 41.4 Å². The van der Waals surface area contributed by atoms with E-state index in [0.717, 1.165) is 46.4 Å². The minimum Gasteiger partial charge on any atom is -0.461 e. The van der Waals surface area contributed by atoms with Crippen LogP contribution in [0.25, 0.3) is 11.1 Å². The smallest absolute Gasteiger partial charge is 0.357 e. The van der Waals surface area contributed by atoms with Gasteiger partial charge in [-0.25, -0.2) is 28.3 Å². The van der Waals surface area contributed by atoms with E-state index in [1.807, 2.05) is 48.5 Å². The predicted octanol–water partition coefficient (Wildman–Crippen LogP) is 5.62. The molecule has 1 fully saturated rings. The Morgan fingerprint density at radius 3 is 2.39 bits per heavy atom. The number of carbonyl (C=O) groups is 1. The number of nitrogens with zero attached hydrogens (tertiary/aromatic N) is 2. The molecule has 4 aromatic rings. The van der Waals surface area contributed by atoms with Crippen molar-refractivity contribution in [2.75, 3.05) is 6.61 Å². The van der Waals surface area contributed by atoms with E-state index in [0.29, 0.717) is 17.3 Å². The minimum atomic E-state index is -3.81. The number of rotatable bonds is 10. The standard InChI is InChI=1S/C31H30N4O4S2/c1-2-39-30(36)27-19-40-31(34-27)35-29(24-10-6-9-23(18-24)21-7-4-3-5-8-21)26(28(32)22-13-14-22)17-20-11-15-25(16-12-20)41(33,37)38/h3-12,15-16,18-19,22H,2,13-14,17,32H2,1H3,(H2,33,37,38). The lowest BCUT2D eigenvalue weighted by Crippen LogP contribution is -2.17. The third-order valence-electron chi connectivity index (χ3n) is 6.71. The van der Waals surface area contributed by atoms with Crippen LogP contribution in [0.15, 0.2) is 105 Å². The van der Waals surface area contributed by atoms with Crippen molar-refractivity contribution in [2.45, 2.75) is 31.1 Å². The van der Waals surface area contributed by atoms with Crippen LogP contribution in [0.5, 0.6) is 0 Å². The fourth-order valence-electron chi connectivity index (χ4n) is 4.46. The van der Waals surface area contributed by atoms with E-state index in [2.05, 4.69) is 11.1 Å². The molecule has 5 rings (SSSR count). The molecular weight excluding hydrogens is 556 g/mol. The van der Waals surface area contributed by atoms with Crippen LogP contribution in [0.4, 0.5) is 5.13 Å². The van der Waals surface area contributed by atoms with Crippen LogP contribution in [-0.2, 0) is 21.2 Å². The summed E-state index contributed by atoms with van der Waals surface area (Å²) in [5, 5.41) is 7.34. The van der Waals surface area contributed by atoms with Crippen molar-refractivity contribution in [3.05, 3.63) is 112 Å². The molecule has 1 heterocycles. The SMILES string of the molecule is CCOC(=O)c1csc(N=C(C(Cc2ccc(S(N)(=O)=O)cc2)=C(N)C2CC2)c2cccc(-c3ccccc3)c2)n1. The van der Waals surface area contributed by atoms with E-state index in [-0.39, 0.29) is 23.1 Å². The topological polar surface area (TPSA) is 138 Å². The summed E-state index contributed by atoms with van der Waals surface area (Å²) in [6, 6.07) is 24.6. The van der Waals surface area contributed by atoms with Gasteiger partial charge in [-0.1, -0.05) is 60.7 Å². The van der Waals surface area contributed by atoms with Crippen LogP contribution in [0.3, 0.4) is 0 Å². The summed E-state index contributed by atoms with van der Waals surface area (Å²) in [5.74, 6) is -0.261. The van der Waals surface area contributed by atoms with Crippen LogP contribution < -0.4 is 10.9 Å². The summed E-state index contributed by atoms with van der Waals surface area (Å²) >= 11 is 1.25. The van der Waals surface area contributed by atoms with Gasteiger partial charge in [0.2, 0.25) is 15.2 Å². The molecule has 0 radical (unpaired) electrons. The quantitative estimate of drug-likeness (QED) is 0.183. The van der Waals surface area contributed by atoms with E-state index in [1.165, 1.54) is 23.5 Å². The van der Waals surface area contributed by atoms with Crippen molar-refractivity contribution in [1.29, 1.82) is 0 Å². The number of benzene rings is 3. The number of esters is 1. The highest BCUT2D eigenvalue weighted by atomic mass is 32.2. The van der Waals surface area contributed by atoms with Gasteiger partial charge in [0.1, 0.15) is 0 Å². The van der Waals surface area contributed by atoms with Crippen molar-refractivity contribution in [3.8, 4) is 11.1 Å². The summed E-state index contributed by atoms with van der Waals surface area (Å²) in [7, 11) is -3.81. The van der Waals surface area contributed by atoms with E-state index >= 15 is 0 Å². The van der Waals surface area contributed by atoms with Gasteiger partial charge in [0, 0.05) is 28.6 Å². The zero-order valence-corrected chi connectivity index (χ0v) is 24.1. The van der Waals surface area contributed by atoms with Gasteiger partial charge in [-0.2, -0.15) is 0 Å². The molecule has 1 saturated carbocycles. The Kier molecular flexibility index (Phi) is 8.44. The third kappa shape index (κ3) is 6.97. The van der Waals surface area contributed by atoms with Crippen LogP contribution in [-0.4, -0.2) is 31.7 Å². The number of allylic oxidation sites excluding steroid dienone is 2. The maximum atomic E-state index is 12.3. The summed E-state index contributed by atoms with van der Waals surface area (Å²) in [6.45, 7) is 2.00. The lowest BCUT2D eigenvalue weighted by Gasteiger charge is -2.17. The number of ether oxygens (including phenoxy) is 1. The number of aliphatic imine (C=N–C) groups is 1. The number of hydrogen-bond acceptors (Lipinski definition) is 8. The monoisotopic (exact) mass is 586 g/mol. The van der Waals surface area contributed by atoms with E-state index in [9.17, 15) is 13.2 Å². The highest BCUT2D eigenvalue weighted by molar-refractivity contribution is 7.89. The molecule has 1 aliphatic rings. The Morgan fingerprint density at radius 1 is 1.02 bits per heavy atom. The molecule has 4 N–H and O–H groups in total. The van der Waals surface area contributed by atoms with Crippen molar-refractivity contribution in [1.82, 2.24) is 4.98 Å². The number of sulfonamides is 1. The zero-order chi connectivity index (χ0) is 29.0. The molecule has 1 aromatic heterocycles. The first-order valence-electron chi connectivity index (χ1n) is 13.2. The molecule has 0 aliphatic heterocycles. The number of carbonyl (C=O) groups excluding carboxylic acids is 1. The summed E-state index contributed by atoms with van der Waals surface area (Å²) in [6.07, 6.45) is 2.39. The average molecular weight is 587 g/mol. The van der Waals surface area contributed by atoms with Crippen LogP contribution >= 0.6 is 11.3 Å². The molecule has 10 heteroatoms. The van der Waals surface area contributed by atoms with Gasteiger partial charge >= 0.3 is 5.97 Å². The Hall–Kier alpha value is -4.12. The second-order valence-electron chi connectivity index (χ2n) is 9.72. The van der Waals surface area contributed by atoms with Crippen molar-refractivity contribution < 1.29 is 17.9 Å². The van der Waals surface area contributed by atoms with Crippen molar-refractivity contribution in [2.24, 2.45) is 21.8 Å². The number of hydrogen-bond donors (Lipinski definition) is 2. The maximum Gasteiger partial charge on any atom is 0.357 e. The van der Waals surface area contributed by atoms with Crippen molar-refractivity contribution >= 4 is 38.2 Å². The number of nitrogens with two attached hydrogens (primary N) is 2. The van der Waals surface area contributed by atoms with Gasteiger partial charge in [-0.05, 0) is 60.6 Å². The van der Waals surface area contributed by atoms with Crippen LogP contribution in [0, 0.1) is 5.92 Å². The molecule has 0 amide bonds. The average Bonchev–Trinajstić information content (AvgIpc) is 3.72. The Bertz CT molecular complexity index is 1720. The summed E-state index contributed by atoms with van der Waals surface area (Å²) < 4.78 is 28.7. The second-order valence-corrected chi connectivity index (χ2v) is 12.1. The van der Waals surface area contributed by atoms with Gasteiger partial charge in [0.25, 0.3) is 0 Å². The summed E-state index contributed by atoms with van der Waals surface area (Å²) in [4.78, 5) is 21.7. The first kappa shape index (κ1) is 28.4. The van der Waals surface area contributed by atoms with Gasteiger partial charge in [0.15, 0.2) is 5.69 Å². The molecular formula is C31H30N4O4S2. The highest BCUT2D eigenvalue weighted by Crippen LogP contribution is 2.37. The Balaban J connectivity index is 1.63. The molecule has 1 aliphatic carbocycles. The highest BCUT2D eigenvalue weighted by Gasteiger charge is 2.29. The first-order chi connectivity index (χ1) is 19.7. The van der Waals surface area contributed by atoms with E-state index < -0.39 is 16.0 Å². The number of primary sulfonamides is 1. The lowest BCUT2D eigenvalue weighted by atomic mass is 9.91. The Morgan fingerprint density at radius 2 is 1.73 bits per heavy atom. The normalized spacial score (nSPS) is 14.4. The fourth-order valence-corrected chi connectivity index (χ4v) is 5.63. The minimum absolute atomic E-state index is 0.0423. The van der Waals surface area contributed by atoms with E-state index in [4.69, 9.17) is 20.6 Å². The molecule has 41 heavy (non-hydrogen) atoms. The summed E-state index contributed by atoms with van der Waals surface area (Å²) in [5.41, 5.74) is 13.0. The molecule has 0 atom stereocenters. The van der Waals surface area contributed by atoms with Crippen LogP contribution in [0.2, 0.25) is 0 Å². The molecule has 3 aromatic carbocycles. The number of aromatic nitrogens is 1. The van der Waals surface area contributed by atoms with Gasteiger partial charge in [0.05, 0.1) is 17.2 Å². The molecule has 0 bridgehead atoms. The van der Waals surface area contributed by atoms with Crippen molar-refractivity contribution in [3.63, 3.8) is 0 Å². The largest absolute Gasteiger partial charge is 0.461 e. The molecule has 8 nitrogen and oxygen atoms in total. The number of thiazole rings is 1. The molecule has 210 valence electrons.